The maximum absolute atomic E-state index is 12.1. The Balaban J connectivity index is 1.44. The van der Waals surface area contributed by atoms with E-state index in [0.29, 0.717) is 24.5 Å². The van der Waals surface area contributed by atoms with Gasteiger partial charge in [-0.15, -0.1) is 0 Å². The molecule has 0 radical (unpaired) electrons. The van der Waals surface area contributed by atoms with Crippen molar-refractivity contribution >= 4 is 5.91 Å². The molecule has 4 heteroatoms. The lowest BCUT2D eigenvalue weighted by Crippen LogP contribution is -2.49. The van der Waals surface area contributed by atoms with Gasteiger partial charge in [-0.1, -0.05) is 26.2 Å². The van der Waals surface area contributed by atoms with Crippen molar-refractivity contribution in [3.8, 4) is 0 Å². The van der Waals surface area contributed by atoms with Gasteiger partial charge in [0, 0.05) is 36.7 Å². The number of fused-ring (bicyclic) bond motifs is 2. The maximum atomic E-state index is 12.1. The summed E-state index contributed by atoms with van der Waals surface area (Å²) in [7, 11) is 0. The summed E-state index contributed by atoms with van der Waals surface area (Å²) in [5.74, 6) is 0.258. The molecule has 2 bridgehead atoms. The zero-order valence-corrected chi connectivity index (χ0v) is 14.3. The molecule has 0 saturated carbocycles. The van der Waals surface area contributed by atoms with Crippen LogP contribution in [0, 0.1) is 0 Å². The van der Waals surface area contributed by atoms with Crippen molar-refractivity contribution in [2.75, 3.05) is 0 Å². The molecular weight excluding hydrogens is 288 g/mol. The summed E-state index contributed by atoms with van der Waals surface area (Å²) in [6, 6.07) is 3.68. The van der Waals surface area contributed by atoms with E-state index in [9.17, 15) is 4.79 Å². The number of rotatable bonds is 8. The molecule has 1 N–H and O–H groups in total. The number of nitrogens with zero attached hydrogens (tertiary/aromatic N) is 1. The maximum Gasteiger partial charge on any atom is 0.220 e. The highest BCUT2D eigenvalue weighted by atomic mass is 16.3. The Morgan fingerprint density at radius 3 is 2.70 bits per heavy atom. The molecule has 1 amide bonds. The SMILES string of the molecule is CCCCCCC(=O)NC1CC2CCC(C1)N2Cc1ccoc1. The number of nitrogens with one attached hydrogen (secondary N) is 1. The Labute approximate surface area is 139 Å². The molecule has 4 nitrogen and oxygen atoms in total. The molecule has 3 heterocycles. The minimum absolute atomic E-state index is 0.258. The monoisotopic (exact) mass is 318 g/mol. The Kier molecular flexibility index (Phi) is 5.76. The molecule has 0 aromatic carbocycles. The molecule has 2 aliphatic rings. The van der Waals surface area contributed by atoms with E-state index in [2.05, 4.69) is 23.2 Å². The van der Waals surface area contributed by atoms with Gasteiger partial charge in [-0.25, -0.2) is 0 Å². The van der Waals surface area contributed by atoms with Gasteiger partial charge in [0.1, 0.15) is 0 Å². The summed E-state index contributed by atoms with van der Waals surface area (Å²) < 4.78 is 5.19. The summed E-state index contributed by atoms with van der Waals surface area (Å²) in [5, 5.41) is 3.29. The lowest BCUT2D eigenvalue weighted by molar-refractivity contribution is -0.122. The number of furan rings is 1. The molecule has 0 aliphatic carbocycles. The second-order valence-corrected chi connectivity index (χ2v) is 7.24. The lowest BCUT2D eigenvalue weighted by Gasteiger charge is -2.39. The predicted octanol–water partition coefficient (Wildman–Crippen LogP) is 3.86. The Morgan fingerprint density at radius 1 is 1.26 bits per heavy atom. The van der Waals surface area contributed by atoms with Crippen LogP contribution in [0.1, 0.15) is 70.3 Å². The molecule has 2 aliphatic heterocycles. The first-order chi connectivity index (χ1) is 11.3. The van der Waals surface area contributed by atoms with E-state index in [1.165, 1.54) is 37.7 Å². The van der Waals surface area contributed by atoms with E-state index in [1.54, 1.807) is 6.26 Å². The van der Waals surface area contributed by atoms with Crippen LogP contribution in [-0.2, 0) is 11.3 Å². The van der Waals surface area contributed by atoms with Gasteiger partial charge >= 0.3 is 0 Å². The average Bonchev–Trinajstić information content (AvgIpc) is 3.12. The van der Waals surface area contributed by atoms with E-state index in [1.807, 2.05) is 6.26 Å². The summed E-state index contributed by atoms with van der Waals surface area (Å²) in [5.41, 5.74) is 1.26. The highest BCUT2D eigenvalue weighted by Crippen LogP contribution is 2.36. The second-order valence-electron chi connectivity index (χ2n) is 7.24. The Hall–Kier alpha value is -1.29. The molecule has 2 unspecified atom stereocenters. The number of piperidine rings is 1. The van der Waals surface area contributed by atoms with Crippen molar-refractivity contribution in [1.82, 2.24) is 10.2 Å². The molecule has 0 spiro atoms. The first kappa shape index (κ1) is 16.6. The van der Waals surface area contributed by atoms with E-state index >= 15 is 0 Å². The standard InChI is InChI=1S/C19H30N2O2/c1-2-3-4-5-6-19(22)20-16-11-17-7-8-18(12-16)21(17)13-15-9-10-23-14-15/h9-10,14,16-18H,2-8,11-13H2,1H3,(H,20,22). The molecule has 1 aromatic rings. The number of amides is 1. The van der Waals surface area contributed by atoms with Gasteiger partial charge in [0.05, 0.1) is 12.5 Å². The highest BCUT2D eigenvalue weighted by molar-refractivity contribution is 5.76. The van der Waals surface area contributed by atoms with Gasteiger partial charge in [-0.3, -0.25) is 9.69 Å². The van der Waals surface area contributed by atoms with Gasteiger partial charge in [0.15, 0.2) is 0 Å². The van der Waals surface area contributed by atoms with Crippen molar-refractivity contribution in [1.29, 1.82) is 0 Å². The zero-order valence-electron chi connectivity index (χ0n) is 14.3. The molecule has 1 aromatic heterocycles. The third kappa shape index (κ3) is 4.37. The number of hydrogen-bond acceptors (Lipinski definition) is 3. The van der Waals surface area contributed by atoms with E-state index in [4.69, 9.17) is 4.42 Å². The number of carbonyl (C=O) groups excluding carboxylic acids is 1. The lowest BCUT2D eigenvalue weighted by atomic mass is 9.96. The molecular formula is C19H30N2O2. The predicted molar refractivity (Wildman–Crippen MR) is 91.0 cm³/mol. The third-order valence-electron chi connectivity index (χ3n) is 5.45. The number of carbonyl (C=O) groups is 1. The Bertz CT molecular complexity index is 472. The van der Waals surface area contributed by atoms with E-state index in [-0.39, 0.29) is 5.91 Å². The van der Waals surface area contributed by atoms with Gasteiger partial charge in [-0.2, -0.15) is 0 Å². The van der Waals surface area contributed by atoms with Crippen molar-refractivity contribution in [3.05, 3.63) is 24.2 Å². The fourth-order valence-corrected chi connectivity index (χ4v) is 4.26. The fraction of sp³-hybridized carbons (Fsp3) is 0.737. The van der Waals surface area contributed by atoms with Gasteiger partial charge in [-0.05, 0) is 38.2 Å². The van der Waals surface area contributed by atoms with Crippen LogP contribution in [0.2, 0.25) is 0 Å². The van der Waals surface area contributed by atoms with Gasteiger partial charge in [0.25, 0.3) is 0 Å². The fourth-order valence-electron chi connectivity index (χ4n) is 4.26. The highest BCUT2D eigenvalue weighted by Gasteiger charge is 2.40. The molecule has 128 valence electrons. The molecule has 2 atom stereocenters. The number of unbranched alkanes of at least 4 members (excludes halogenated alkanes) is 3. The summed E-state index contributed by atoms with van der Waals surface area (Å²) in [6.07, 6.45) is 13.7. The first-order valence-corrected chi connectivity index (χ1v) is 9.32. The average molecular weight is 318 g/mol. The Morgan fingerprint density at radius 2 is 2.04 bits per heavy atom. The topological polar surface area (TPSA) is 45.5 Å². The largest absolute Gasteiger partial charge is 0.472 e. The smallest absolute Gasteiger partial charge is 0.220 e. The first-order valence-electron chi connectivity index (χ1n) is 9.32. The van der Waals surface area contributed by atoms with Crippen molar-refractivity contribution in [3.63, 3.8) is 0 Å². The van der Waals surface area contributed by atoms with Crippen LogP contribution in [0.5, 0.6) is 0 Å². The number of hydrogen-bond donors (Lipinski definition) is 1. The van der Waals surface area contributed by atoms with Crippen LogP contribution >= 0.6 is 0 Å². The van der Waals surface area contributed by atoms with Crippen LogP contribution in [0.15, 0.2) is 23.0 Å². The second kappa shape index (κ2) is 8.00. The third-order valence-corrected chi connectivity index (χ3v) is 5.45. The quantitative estimate of drug-likeness (QED) is 0.740. The van der Waals surface area contributed by atoms with Crippen LogP contribution in [0.25, 0.3) is 0 Å². The van der Waals surface area contributed by atoms with Gasteiger partial charge < -0.3 is 9.73 Å². The molecule has 3 rings (SSSR count). The van der Waals surface area contributed by atoms with Gasteiger partial charge in [0.2, 0.25) is 5.91 Å². The normalized spacial score (nSPS) is 27.3. The summed E-state index contributed by atoms with van der Waals surface area (Å²) >= 11 is 0. The molecule has 23 heavy (non-hydrogen) atoms. The van der Waals surface area contributed by atoms with Crippen molar-refractivity contribution in [2.24, 2.45) is 0 Å². The zero-order chi connectivity index (χ0) is 16.1. The van der Waals surface area contributed by atoms with E-state index in [0.717, 1.165) is 25.8 Å². The molecule has 2 saturated heterocycles. The van der Waals surface area contributed by atoms with Crippen molar-refractivity contribution in [2.45, 2.75) is 89.4 Å². The molecule has 2 fully saturated rings. The summed E-state index contributed by atoms with van der Waals surface area (Å²) in [6.45, 7) is 3.19. The van der Waals surface area contributed by atoms with E-state index < -0.39 is 0 Å². The van der Waals surface area contributed by atoms with Crippen LogP contribution < -0.4 is 5.32 Å². The van der Waals surface area contributed by atoms with Crippen molar-refractivity contribution < 1.29 is 9.21 Å². The van der Waals surface area contributed by atoms with Crippen LogP contribution in [-0.4, -0.2) is 28.9 Å². The minimum Gasteiger partial charge on any atom is -0.472 e. The minimum atomic E-state index is 0.258. The van der Waals surface area contributed by atoms with Crippen LogP contribution in [0.3, 0.4) is 0 Å². The summed E-state index contributed by atoms with van der Waals surface area (Å²) in [4.78, 5) is 14.7. The van der Waals surface area contributed by atoms with Crippen LogP contribution in [0.4, 0.5) is 0 Å².